The number of hydrogen-bond donors (Lipinski definition) is 1. The molecule has 0 amide bonds. The summed E-state index contributed by atoms with van der Waals surface area (Å²) in [6, 6.07) is 0. The minimum Gasteiger partial charge on any atom is -0.481 e. The van der Waals surface area contributed by atoms with Crippen LogP contribution in [-0.2, 0) is 4.79 Å². The molecule has 2 heteroatoms. The van der Waals surface area contributed by atoms with Gasteiger partial charge in [-0.25, -0.2) is 0 Å². The maximum atomic E-state index is 10.3. The van der Waals surface area contributed by atoms with Gasteiger partial charge in [0.25, 0.3) is 0 Å². The van der Waals surface area contributed by atoms with Crippen molar-refractivity contribution < 1.29 is 9.90 Å². The van der Waals surface area contributed by atoms with E-state index < -0.39 is 5.97 Å². The van der Waals surface area contributed by atoms with Crippen molar-refractivity contribution in [1.82, 2.24) is 0 Å². The molecule has 22 heavy (non-hydrogen) atoms. The molecule has 0 saturated heterocycles. The molecule has 1 N–H and O–H groups in total. The number of rotatable bonds is 15. The first-order valence-corrected chi connectivity index (χ1v) is 8.94. The quantitative estimate of drug-likeness (QED) is 0.279. The minimum absolute atomic E-state index is 0.277. The molecule has 0 aromatic rings. The zero-order valence-corrected chi connectivity index (χ0v) is 14.3. The largest absolute Gasteiger partial charge is 0.481 e. The molecule has 0 heterocycles. The van der Waals surface area contributed by atoms with Crippen LogP contribution in [-0.4, -0.2) is 11.1 Å². The number of carbonyl (C=O) groups is 1. The zero-order valence-electron chi connectivity index (χ0n) is 14.3. The number of allylic oxidation sites excluding steroid dienone is 6. The second kappa shape index (κ2) is 17.7. The fourth-order valence-corrected chi connectivity index (χ4v) is 2.20. The summed E-state index contributed by atoms with van der Waals surface area (Å²) in [5.74, 6) is -0.700. The number of carboxylic acid groups (broad SMARTS) is 1. The van der Waals surface area contributed by atoms with Gasteiger partial charge in [0.2, 0.25) is 0 Å². The van der Waals surface area contributed by atoms with E-state index in [9.17, 15) is 4.79 Å². The zero-order chi connectivity index (χ0) is 16.3. The molecule has 0 atom stereocenters. The first kappa shape index (κ1) is 20.7. The highest BCUT2D eigenvalue weighted by Crippen LogP contribution is 2.07. The van der Waals surface area contributed by atoms with Crippen molar-refractivity contribution in [3.8, 4) is 0 Å². The van der Waals surface area contributed by atoms with E-state index in [1.807, 2.05) is 0 Å². The molecule has 0 radical (unpaired) electrons. The molecule has 126 valence electrons. The Labute approximate surface area is 137 Å². The topological polar surface area (TPSA) is 37.3 Å². The van der Waals surface area contributed by atoms with Crippen molar-refractivity contribution in [2.45, 2.75) is 84.0 Å². The van der Waals surface area contributed by atoms with Crippen LogP contribution in [0.2, 0.25) is 0 Å². The molecule has 0 bridgehead atoms. The second-order valence-corrected chi connectivity index (χ2v) is 5.68. The number of hydrogen-bond acceptors (Lipinski definition) is 1. The SMILES string of the molecule is CCC=CCCCCCCC=CCCC=CCCCC(=O)O. The first-order valence-electron chi connectivity index (χ1n) is 8.94. The third-order valence-corrected chi connectivity index (χ3v) is 3.49. The molecule has 2 nitrogen and oxygen atoms in total. The Balaban J connectivity index is 3.22. The van der Waals surface area contributed by atoms with Crippen LogP contribution in [0.5, 0.6) is 0 Å². The fraction of sp³-hybridized carbons (Fsp3) is 0.650. The van der Waals surface area contributed by atoms with Crippen LogP contribution in [0.1, 0.15) is 84.0 Å². The predicted molar refractivity (Wildman–Crippen MR) is 96.1 cm³/mol. The highest BCUT2D eigenvalue weighted by atomic mass is 16.4. The normalized spacial score (nSPS) is 12.0. The Morgan fingerprint density at radius 2 is 1.14 bits per heavy atom. The van der Waals surface area contributed by atoms with Crippen molar-refractivity contribution in [3.05, 3.63) is 36.5 Å². The summed E-state index contributed by atoms with van der Waals surface area (Å²) >= 11 is 0. The van der Waals surface area contributed by atoms with Gasteiger partial charge in [-0.2, -0.15) is 0 Å². The van der Waals surface area contributed by atoms with Gasteiger partial charge in [-0.1, -0.05) is 56.2 Å². The maximum Gasteiger partial charge on any atom is 0.303 e. The Hall–Kier alpha value is -1.31. The molecule has 0 aromatic heterocycles. The van der Waals surface area contributed by atoms with E-state index in [-0.39, 0.29) is 6.42 Å². The Kier molecular flexibility index (Phi) is 16.7. The fourth-order valence-electron chi connectivity index (χ4n) is 2.20. The standard InChI is InChI=1S/C20H34O2/c1-2-3-4-5-6-7-8-9-10-11-12-13-14-15-16-17-18-19-20(21)22/h3-4,11-12,15-16H,2,5-10,13-14,17-19H2,1H3,(H,21,22). The van der Waals surface area contributed by atoms with Crippen LogP contribution >= 0.6 is 0 Å². The van der Waals surface area contributed by atoms with E-state index in [4.69, 9.17) is 5.11 Å². The molecule has 0 unspecified atom stereocenters. The molecule has 0 rings (SSSR count). The van der Waals surface area contributed by atoms with E-state index >= 15 is 0 Å². The summed E-state index contributed by atoms with van der Waals surface area (Å²) in [6.45, 7) is 2.18. The molecule has 0 saturated carbocycles. The highest BCUT2D eigenvalue weighted by molar-refractivity contribution is 5.66. The van der Waals surface area contributed by atoms with Gasteiger partial charge >= 0.3 is 5.97 Å². The van der Waals surface area contributed by atoms with Gasteiger partial charge in [0.1, 0.15) is 0 Å². The molecular formula is C20H34O2. The van der Waals surface area contributed by atoms with Crippen LogP contribution < -0.4 is 0 Å². The molecule has 0 aromatic carbocycles. The summed E-state index contributed by atoms with van der Waals surface area (Å²) in [5, 5.41) is 8.50. The lowest BCUT2D eigenvalue weighted by molar-refractivity contribution is -0.137. The monoisotopic (exact) mass is 306 g/mol. The van der Waals surface area contributed by atoms with E-state index in [0.717, 1.165) is 32.1 Å². The Bertz CT molecular complexity index is 327. The Morgan fingerprint density at radius 1 is 0.682 bits per heavy atom. The van der Waals surface area contributed by atoms with Gasteiger partial charge in [-0.05, 0) is 57.8 Å². The number of unbranched alkanes of at least 4 members (excludes halogenated alkanes) is 7. The second-order valence-electron chi connectivity index (χ2n) is 5.68. The van der Waals surface area contributed by atoms with Gasteiger partial charge in [0, 0.05) is 6.42 Å². The smallest absolute Gasteiger partial charge is 0.303 e. The highest BCUT2D eigenvalue weighted by Gasteiger charge is 1.92. The summed E-state index contributed by atoms with van der Waals surface area (Å²) in [4.78, 5) is 10.3. The minimum atomic E-state index is -0.700. The summed E-state index contributed by atoms with van der Waals surface area (Å²) in [7, 11) is 0. The third kappa shape index (κ3) is 18.7. The first-order chi connectivity index (χ1) is 10.8. The molecule has 0 aliphatic heterocycles. The third-order valence-electron chi connectivity index (χ3n) is 3.49. The summed E-state index contributed by atoms with van der Waals surface area (Å²) in [6.07, 6.45) is 26.4. The summed E-state index contributed by atoms with van der Waals surface area (Å²) in [5.41, 5.74) is 0. The molecule has 0 aliphatic rings. The van der Waals surface area contributed by atoms with Gasteiger partial charge in [0.05, 0.1) is 0 Å². The van der Waals surface area contributed by atoms with E-state index in [2.05, 4.69) is 43.4 Å². The number of carboxylic acids is 1. The van der Waals surface area contributed by atoms with Gasteiger partial charge < -0.3 is 5.11 Å². The van der Waals surface area contributed by atoms with E-state index in [0.29, 0.717) is 0 Å². The van der Waals surface area contributed by atoms with Crippen molar-refractivity contribution in [1.29, 1.82) is 0 Å². The molecular weight excluding hydrogens is 272 g/mol. The molecule has 0 aliphatic carbocycles. The van der Waals surface area contributed by atoms with Crippen LogP contribution in [0.25, 0.3) is 0 Å². The Morgan fingerprint density at radius 3 is 1.64 bits per heavy atom. The lowest BCUT2D eigenvalue weighted by atomic mass is 10.1. The van der Waals surface area contributed by atoms with E-state index in [1.165, 1.54) is 38.5 Å². The van der Waals surface area contributed by atoms with Gasteiger partial charge in [-0.3, -0.25) is 4.79 Å². The van der Waals surface area contributed by atoms with Crippen LogP contribution in [0, 0.1) is 0 Å². The summed E-state index contributed by atoms with van der Waals surface area (Å²) < 4.78 is 0. The van der Waals surface area contributed by atoms with Crippen LogP contribution in [0.3, 0.4) is 0 Å². The van der Waals surface area contributed by atoms with Crippen LogP contribution in [0.4, 0.5) is 0 Å². The van der Waals surface area contributed by atoms with E-state index in [1.54, 1.807) is 0 Å². The predicted octanol–water partition coefficient (Wildman–Crippen LogP) is 6.44. The van der Waals surface area contributed by atoms with Crippen molar-refractivity contribution in [3.63, 3.8) is 0 Å². The lowest BCUT2D eigenvalue weighted by Gasteiger charge is -1.97. The van der Waals surface area contributed by atoms with Gasteiger partial charge in [0.15, 0.2) is 0 Å². The molecule has 0 spiro atoms. The van der Waals surface area contributed by atoms with Crippen molar-refractivity contribution in [2.24, 2.45) is 0 Å². The van der Waals surface area contributed by atoms with Gasteiger partial charge in [-0.15, -0.1) is 0 Å². The average Bonchev–Trinajstić information content (AvgIpc) is 2.50. The van der Waals surface area contributed by atoms with Crippen molar-refractivity contribution in [2.75, 3.05) is 0 Å². The number of aliphatic carboxylic acids is 1. The maximum absolute atomic E-state index is 10.3. The average molecular weight is 306 g/mol. The molecule has 0 fully saturated rings. The lowest BCUT2D eigenvalue weighted by Crippen LogP contribution is -1.92. The van der Waals surface area contributed by atoms with Crippen molar-refractivity contribution >= 4 is 5.97 Å². The van der Waals surface area contributed by atoms with Crippen LogP contribution in [0.15, 0.2) is 36.5 Å².